The van der Waals surface area contributed by atoms with E-state index in [1.54, 1.807) is 0 Å². The molecule has 1 aliphatic heterocycles. The summed E-state index contributed by atoms with van der Waals surface area (Å²) in [4.78, 5) is 0. The van der Waals surface area contributed by atoms with Gasteiger partial charge in [0.15, 0.2) is 0 Å². The van der Waals surface area contributed by atoms with E-state index in [1.165, 1.54) is 0 Å². The molecule has 1 heterocycles. The van der Waals surface area contributed by atoms with Crippen molar-refractivity contribution in [2.45, 2.75) is 32.8 Å². The van der Waals surface area contributed by atoms with Gasteiger partial charge in [-0.05, 0) is 18.3 Å². The molecular formula is C11H22O3. The maximum Gasteiger partial charge on any atom is 0.114 e. The van der Waals surface area contributed by atoms with E-state index < -0.39 is 5.60 Å². The van der Waals surface area contributed by atoms with Gasteiger partial charge in [-0.15, -0.1) is 0 Å². The van der Waals surface area contributed by atoms with Crippen LogP contribution in [0.1, 0.15) is 27.2 Å². The van der Waals surface area contributed by atoms with Gasteiger partial charge >= 0.3 is 0 Å². The van der Waals surface area contributed by atoms with E-state index in [0.717, 1.165) is 6.42 Å². The van der Waals surface area contributed by atoms with E-state index >= 15 is 0 Å². The van der Waals surface area contributed by atoms with E-state index in [0.29, 0.717) is 32.3 Å². The zero-order valence-corrected chi connectivity index (χ0v) is 9.45. The lowest BCUT2D eigenvalue weighted by Crippen LogP contribution is -2.45. The van der Waals surface area contributed by atoms with Gasteiger partial charge in [0, 0.05) is 0 Å². The van der Waals surface area contributed by atoms with Crippen LogP contribution in [-0.4, -0.2) is 37.1 Å². The molecule has 0 amide bonds. The van der Waals surface area contributed by atoms with Crippen LogP contribution in [0, 0.1) is 11.8 Å². The fourth-order valence-electron chi connectivity index (χ4n) is 1.87. The zero-order chi connectivity index (χ0) is 10.6. The van der Waals surface area contributed by atoms with Crippen molar-refractivity contribution in [3.05, 3.63) is 0 Å². The minimum absolute atomic E-state index is 0.223. The number of hydrogen-bond donors (Lipinski definition) is 1. The second kappa shape index (κ2) is 5.10. The molecule has 1 aliphatic rings. The summed E-state index contributed by atoms with van der Waals surface area (Å²) in [5.41, 5.74) is -0.791. The normalized spacial score (nSPS) is 24.6. The molecule has 0 aromatic carbocycles. The Kier molecular flexibility index (Phi) is 4.35. The molecule has 3 heteroatoms. The highest BCUT2D eigenvalue weighted by atomic mass is 16.6. The first-order valence-electron chi connectivity index (χ1n) is 5.42. The van der Waals surface area contributed by atoms with Crippen LogP contribution in [-0.2, 0) is 9.47 Å². The van der Waals surface area contributed by atoms with Gasteiger partial charge in [0.05, 0.1) is 26.4 Å². The zero-order valence-electron chi connectivity index (χ0n) is 9.45. The Balaban J connectivity index is 2.51. The fourth-order valence-corrected chi connectivity index (χ4v) is 1.87. The third kappa shape index (κ3) is 3.23. The Morgan fingerprint density at radius 1 is 1.14 bits per heavy atom. The molecule has 0 aromatic rings. The highest BCUT2D eigenvalue weighted by Gasteiger charge is 2.35. The molecular weight excluding hydrogens is 180 g/mol. The van der Waals surface area contributed by atoms with Crippen LogP contribution >= 0.6 is 0 Å². The Labute approximate surface area is 86.4 Å². The van der Waals surface area contributed by atoms with Gasteiger partial charge in [0.1, 0.15) is 5.60 Å². The van der Waals surface area contributed by atoms with Crippen LogP contribution in [0.4, 0.5) is 0 Å². The fraction of sp³-hybridized carbons (Fsp3) is 1.00. The molecule has 0 aliphatic carbocycles. The molecule has 1 saturated heterocycles. The van der Waals surface area contributed by atoms with E-state index in [2.05, 4.69) is 20.8 Å². The first-order valence-corrected chi connectivity index (χ1v) is 5.42. The molecule has 1 unspecified atom stereocenters. The van der Waals surface area contributed by atoms with Crippen molar-refractivity contribution in [2.24, 2.45) is 11.8 Å². The first-order chi connectivity index (χ1) is 6.54. The van der Waals surface area contributed by atoms with Crippen LogP contribution in [0.15, 0.2) is 0 Å². The molecule has 1 rings (SSSR count). The summed E-state index contributed by atoms with van der Waals surface area (Å²) in [6.07, 6.45) is 1.00. The van der Waals surface area contributed by atoms with Crippen molar-refractivity contribution in [3.63, 3.8) is 0 Å². The Hall–Kier alpha value is -0.120. The highest BCUT2D eigenvalue weighted by Crippen LogP contribution is 2.26. The van der Waals surface area contributed by atoms with Crippen molar-refractivity contribution in [1.29, 1.82) is 0 Å². The van der Waals surface area contributed by atoms with Crippen LogP contribution < -0.4 is 0 Å². The Morgan fingerprint density at radius 3 is 2.07 bits per heavy atom. The maximum atomic E-state index is 10.3. The summed E-state index contributed by atoms with van der Waals surface area (Å²) in [5.74, 6) is 0.817. The molecule has 84 valence electrons. The smallest absolute Gasteiger partial charge is 0.114 e. The monoisotopic (exact) mass is 202 g/mol. The standard InChI is InChI=1S/C11H22O3/c1-9(2)6-10(3)11(12)7-13-4-5-14-8-11/h9-10,12H,4-8H2,1-3H3. The second-order valence-electron chi connectivity index (χ2n) is 4.74. The lowest BCUT2D eigenvalue weighted by Gasteiger charge is -2.32. The van der Waals surface area contributed by atoms with Gasteiger partial charge in [-0.3, -0.25) is 0 Å². The van der Waals surface area contributed by atoms with E-state index in [1.807, 2.05) is 0 Å². The molecule has 0 bridgehead atoms. The molecule has 0 spiro atoms. The molecule has 14 heavy (non-hydrogen) atoms. The van der Waals surface area contributed by atoms with Gasteiger partial charge in [-0.25, -0.2) is 0 Å². The van der Waals surface area contributed by atoms with E-state index in [4.69, 9.17) is 9.47 Å². The third-order valence-electron chi connectivity index (χ3n) is 2.82. The number of aliphatic hydroxyl groups is 1. The summed E-state index contributed by atoms with van der Waals surface area (Å²) in [6, 6.07) is 0. The van der Waals surface area contributed by atoms with Crippen LogP contribution in [0.3, 0.4) is 0 Å². The summed E-state index contributed by atoms with van der Waals surface area (Å²) in [5, 5.41) is 10.3. The summed E-state index contributed by atoms with van der Waals surface area (Å²) < 4.78 is 10.7. The first kappa shape index (κ1) is 12.0. The van der Waals surface area contributed by atoms with Crippen molar-refractivity contribution in [3.8, 4) is 0 Å². The van der Waals surface area contributed by atoms with E-state index in [9.17, 15) is 5.11 Å². The van der Waals surface area contributed by atoms with Crippen molar-refractivity contribution in [2.75, 3.05) is 26.4 Å². The predicted octanol–water partition coefficient (Wildman–Crippen LogP) is 1.45. The molecule has 1 N–H and O–H groups in total. The van der Waals surface area contributed by atoms with Gasteiger partial charge < -0.3 is 14.6 Å². The number of ether oxygens (including phenoxy) is 2. The Morgan fingerprint density at radius 2 is 1.64 bits per heavy atom. The van der Waals surface area contributed by atoms with Gasteiger partial charge in [-0.2, -0.15) is 0 Å². The van der Waals surface area contributed by atoms with Gasteiger partial charge in [0.25, 0.3) is 0 Å². The van der Waals surface area contributed by atoms with Crippen LogP contribution in [0.25, 0.3) is 0 Å². The number of hydrogen-bond acceptors (Lipinski definition) is 3. The highest BCUT2D eigenvalue weighted by molar-refractivity contribution is 4.85. The van der Waals surface area contributed by atoms with Crippen molar-refractivity contribution in [1.82, 2.24) is 0 Å². The van der Waals surface area contributed by atoms with Gasteiger partial charge in [0.2, 0.25) is 0 Å². The summed E-state index contributed by atoms with van der Waals surface area (Å²) >= 11 is 0. The molecule has 3 nitrogen and oxygen atoms in total. The molecule has 0 aromatic heterocycles. The lowest BCUT2D eigenvalue weighted by atomic mass is 9.84. The third-order valence-corrected chi connectivity index (χ3v) is 2.82. The van der Waals surface area contributed by atoms with Crippen LogP contribution in [0.2, 0.25) is 0 Å². The van der Waals surface area contributed by atoms with Gasteiger partial charge in [-0.1, -0.05) is 20.8 Å². The SMILES string of the molecule is CC(C)CC(C)C1(O)COCCOC1. The molecule has 1 fully saturated rings. The number of rotatable bonds is 3. The quantitative estimate of drug-likeness (QED) is 0.752. The average Bonchev–Trinajstić information content (AvgIpc) is 2.30. The largest absolute Gasteiger partial charge is 0.385 e. The predicted molar refractivity (Wildman–Crippen MR) is 55.2 cm³/mol. The average molecular weight is 202 g/mol. The molecule has 1 atom stereocenters. The summed E-state index contributed by atoms with van der Waals surface area (Å²) in [7, 11) is 0. The van der Waals surface area contributed by atoms with Crippen molar-refractivity contribution < 1.29 is 14.6 Å². The minimum atomic E-state index is -0.791. The van der Waals surface area contributed by atoms with Crippen LogP contribution in [0.5, 0.6) is 0 Å². The van der Waals surface area contributed by atoms with E-state index in [-0.39, 0.29) is 5.92 Å². The maximum absolute atomic E-state index is 10.3. The minimum Gasteiger partial charge on any atom is -0.385 e. The van der Waals surface area contributed by atoms with Crippen molar-refractivity contribution >= 4 is 0 Å². The second-order valence-corrected chi connectivity index (χ2v) is 4.74. The topological polar surface area (TPSA) is 38.7 Å². The molecule has 0 saturated carbocycles. The molecule has 0 radical (unpaired) electrons. The lowest BCUT2D eigenvalue weighted by molar-refractivity contribution is -0.0949. The summed E-state index contributed by atoms with van der Waals surface area (Å²) in [6.45, 7) is 8.39. The Bertz CT molecular complexity index is 160.